The van der Waals surface area contributed by atoms with Gasteiger partial charge in [0.25, 0.3) is 0 Å². The zero-order valence-electron chi connectivity index (χ0n) is 16.2. The van der Waals surface area contributed by atoms with E-state index in [2.05, 4.69) is 38.8 Å². The van der Waals surface area contributed by atoms with Crippen LogP contribution < -0.4 is 31.9 Å². The lowest BCUT2D eigenvalue weighted by atomic mass is 10.1. The van der Waals surface area contributed by atoms with Crippen molar-refractivity contribution in [2.75, 3.05) is 18.4 Å². The summed E-state index contributed by atoms with van der Waals surface area (Å²) in [5, 5.41) is 20.7. The minimum Gasteiger partial charge on any atom is -0.355 e. The lowest BCUT2D eigenvalue weighted by Crippen LogP contribution is -2.68. The number of benzene rings is 2. The summed E-state index contributed by atoms with van der Waals surface area (Å²) >= 11 is 0. The van der Waals surface area contributed by atoms with Crippen molar-refractivity contribution < 1.29 is 9.59 Å². The molecule has 1 aliphatic rings. The summed E-state index contributed by atoms with van der Waals surface area (Å²) in [7, 11) is 0. The average molecular weight is 384 g/mol. The van der Waals surface area contributed by atoms with Gasteiger partial charge in [0.2, 0.25) is 5.91 Å². The van der Waals surface area contributed by atoms with Crippen LogP contribution in [0.4, 0.5) is 10.5 Å². The first-order valence-electron chi connectivity index (χ1n) is 9.56. The zero-order chi connectivity index (χ0) is 19.9. The second-order valence-corrected chi connectivity index (χ2v) is 7.05. The van der Waals surface area contributed by atoms with Crippen LogP contribution in [-0.2, 0) is 4.79 Å². The number of hydrogen-bond donors (Lipinski definition) is 6. The standard InChI is InChI=1S/C20H28N6O2/c1-13-11-18(22-10-9-21-14(2)27)25-19(23-13)26-20(28)24-17-8-7-15-5-3-4-6-16(15)12-17/h3-8,12-13,18-19,22-23,25H,9-11H2,1-2H3,(H,21,27)(H2,24,26,28). The molecule has 1 aliphatic heterocycles. The van der Waals surface area contributed by atoms with Crippen LogP contribution in [0.5, 0.6) is 0 Å². The molecule has 0 saturated carbocycles. The minimum atomic E-state index is -0.359. The Morgan fingerprint density at radius 1 is 1.07 bits per heavy atom. The molecule has 2 aromatic rings. The van der Waals surface area contributed by atoms with Gasteiger partial charge in [0.1, 0.15) is 6.29 Å². The number of hydrogen-bond acceptors (Lipinski definition) is 5. The quantitative estimate of drug-likeness (QED) is 0.421. The normalized spacial score (nSPS) is 21.9. The maximum atomic E-state index is 12.4. The molecule has 6 N–H and O–H groups in total. The molecule has 2 aromatic carbocycles. The first kappa shape index (κ1) is 20.1. The van der Waals surface area contributed by atoms with Gasteiger partial charge in [-0.1, -0.05) is 30.3 Å². The summed E-state index contributed by atoms with van der Waals surface area (Å²) in [4.78, 5) is 23.3. The van der Waals surface area contributed by atoms with Gasteiger partial charge in [-0.25, -0.2) is 4.79 Å². The van der Waals surface area contributed by atoms with E-state index in [9.17, 15) is 9.59 Å². The number of anilines is 1. The highest BCUT2D eigenvalue weighted by Gasteiger charge is 2.25. The Hall–Kier alpha value is -2.68. The summed E-state index contributed by atoms with van der Waals surface area (Å²) in [6.45, 7) is 4.79. The maximum Gasteiger partial charge on any atom is 0.321 e. The fourth-order valence-corrected chi connectivity index (χ4v) is 3.30. The van der Waals surface area contributed by atoms with Gasteiger partial charge in [0.05, 0.1) is 6.17 Å². The molecule has 3 rings (SSSR count). The largest absolute Gasteiger partial charge is 0.355 e. The molecule has 28 heavy (non-hydrogen) atoms. The van der Waals surface area contributed by atoms with E-state index in [1.165, 1.54) is 6.92 Å². The molecular formula is C20H28N6O2. The third-order valence-corrected chi connectivity index (χ3v) is 4.58. The van der Waals surface area contributed by atoms with Crippen LogP contribution in [0.25, 0.3) is 10.8 Å². The summed E-state index contributed by atoms with van der Waals surface area (Å²) in [5.41, 5.74) is 0.741. The number of rotatable bonds is 6. The summed E-state index contributed by atoms with van der Waals surface area (Å²) in [6, 6.07) is 13.8. The Labute approximate surface area is 164 Å². The average Bonchev–Trinajstić information content (AvgIpc) is 2.64. The molecule has 0 aromatic heterocycles. The van der Waals surface area contributed by atoms with Crippen LogP contribution in [0.15, 0.2) is 42.5 Å². The minimum absolute atomic E-state index is 0.0379. The Morgan fingerprint density at radius 3 is 2.64 bits per heavy atom. The van der Waals surface area contributed by atoms with Gasteiger partial charge in [0, 0.05) is 31.7 Å². The SMILES string of the molecule is CC(=O)NCCNC1CC(C)NC(NC(=O)Nc2ccc3ccccc3c2)N1. The highest BCUT2D eigenvalue weighted by molar-refractivity contribution is 5.93. The van der Waals surface area contributed by atoms with Gasteiger partial charge in [0.15, 0.2) is 0 Å². The third kappa shape index (κ3) is 5.91. The third-order valence-electron chi connectivity index (χ3n) is 4.58. The van der Waals surface area contributed by atoms with Crippen molar-refractivity contribution in [1.29, 1.82) is 0 Å². The molecule has 150 valence electrons. The van der Waals surface area contributed by atoms with Gasteiger partial charge < -0.3 is 21.3 Å². The van der Waals surface area contributed by atoms with Crippen molar-refractivity contribution in [2.45, 2.75) is 38.8 Å². The highest BCUT2D eigenvalue weighted by Crippen LogP contribution is 2.18. The topological polar surface area (TPSA) is 106 Å². The molecule has 0 aliphatic carbocycles. The van der Waals surface area contributed by atoms with Crippen LogP contribution >= 0.6 is 0 Å². The van der Waals surface area contributed by atoms with Crippen LogP contribution in [-0.4, -0.2) is 43.5 Å². The van der Waals surface area contributed by atoms with E-state index in [0.717, 1.165) is 22.9 Å². The summed E-state index contributed by atoms with van der Waals surface area (Å²) in [5.74, 6) is -0.0432. The molecular weight excluding hydrogens is 356 g/mol. The molecule has 3 unspecified atom stereocenters. The van der Waals surface area contributed by atoms with Gasteiger partial charge in [-0.2, -0.15) is 0 Å². The lowest BCUT2D eigenvalue weighted by molar-refractivity contribution is -0.118. The van der Waals surface area contributed by atoms with E-state index in [-0.39, 0.29) is 30.4 Å². The first-order chi connectivity index (χ1) is 13.5. The van der Waals surface area contributed by atoms with Crippen molar-refractivity contribution >= 4 is 28.4 Å². The van der Waals surface area contributed by atoms with Crippen LogP contribution in [0, 0.1) is 0 Å². The molecule has 1 heterocycles. The van der Waals surface area contributed by atoms with Crippen LogP contribution in [0.2, 0.25) is 0 Å². The number of amides is 3. The second-order valence-electron chi connectivity index (χ2n) is 7.05. The monoisotopic (exact) mass is 384 g/mol. The second kappa shape index (κ2) is 9.50. The van der Waals surface area contributed by atoms with E-state index in [1.807, 2.05) is 42.5 Å². The van der Waals surface area contributed by atoms with Gasteiger partial charge in [-0.3, -0.25) is 15.4 Å². The molecule has 8 nitrogen and oxygen atoms in total. The number of nitrogens with one attached hydrogen (secondary N) is 6. The summed E-state index contributed by atoms with van der Waals surface area (Å²) in [6.07, 6.45) is 0.545. The van der Waals surface area contributed by atoms with Gasteiger partial charge in [-0.05, 0) is 36.2 Å². The number of urea groups is 1. The zero-order valence-corrected chi connectivity index (χ0v) is 16.2. The fourth-order valence-electron chi connectivity index (χ4n) is 3.30. The molecule has 8 heteroatoms. The van der Waals surface area contributed by atoms with Crippen molar-refractivity contribution in [3.05, 3.63) is 42.5 Å². The van der Waals surface area contributed by atoms with E-state index >= 15 is 0 Å². The van der Waals surface area contributed by atoms with E-state index in [0.29, 0.717) is 13.1 Å². The molecule has 0 bridgehead atoms. The Morgan fingerprint density at radius 2 is 1.86 bits per heavy atom. The Balaban J connectivity index is 1.49. The smallest absolute Gasteiger partial charge is 0.321 e. The van der Waals surface area contributed by atoms with E-state index in [1.54, 1.807) is 0 Å². The molecule has 0 radical (unpaired) electrons. The Kier molecular flexibility index (Phi) is 6.80. The van der Waals surface area contributed by atoms with E-state index in [4.69, 9.17) is 0 Å². The van der Waals surface area contributed by atoms with Crippen molar-refractivity contribution in [2.24, 2.45) is 0 Å². The molecule has 0 spiro atoms. The molecule has 3 amide bonds. The number of fused-ring (bicyclic) bond motifs is 1. The van der Waals surface area contributed by atoms with Crippen molar-refractivity contribution in [3.63, 3.8) is 0 Å². The number of carbonyl (C=O) groups is 2. The fraction of sp³-hybridized carbons (Fsp3) is 0.400. The summed E-state index contributed by atoms with van der Waals surface area (Å²) < 4.78 is 0. The maximum absolute atomic E-state index is 12.4. The van der Waals surface area contributed by atoms with Crippen LogP contribution in [0.3, 0.4) is 0 Å². The van der Waals surface area contributed by atoms with Gasteiger partial charge >= 0.3 is 6.03 Å². The number of carbonyl (C=O) groups excluding carboxylic acids is 2. The highest BCUT2D eigenvalue weighted by atomic mass is 16.2. The van der Waals surface area contributed by atoms with E-state index < -0.39 is 0 Å². The lowest BCUT2D eigenvalue weighted by Gasteiger charge is -2.36. The predicted molar refractivity (Wildman–Crippen MR) is 111 cm³/mol. The van der Waals surface area contributed by atoms with Crippen molar-refractivity contribution in [3.8, 4) is 0 Å². The predicted octanol–water partition coefficient (Wildman–Crippen LogP) is 1.27. The Bertz CT molecular complexity index is 827. The first-order valence-corrected chi connectivity index (χ1v) is 9.56. The van der Waals surface area contributed by atoms with Gasteiger partial charge in [-0.15, -0.1) is 0 Å². The molecule has 1 fully saturated rings. The molecule has 3 atom stereocenters. The van der Waals surface area contributed by atoms with Crippen LogP contribution in [0.1, 0.15) is 20.3 Å². The molecule has 1 saturated heterocycles. The van der Waals surface area contributed by atoms with Crippen molar-refractivity contribution in [1.82, 2.24) is 26.6 Å².